The summed E-state index contributed by atoms with van der Waals surface area (Å²) in [5, 5.41) is 16.6. The van der Waals surface area contributed by atoms with Crippen molar-refractivity contribution in [2.75, 3.05) is 13.2 Å². The number of hydrogen-bond acceptors (Lipinski definition) is 3. The number of amidine groups is 1. The van der Waals surface area contributed by atoms with Gasteiger partial charge in [-0.25, -0.2) is 0 Å². The van der Waals surface area contributed by atoms with Crippen LogP contribution in [0.2, 0.25) is 0 Å². The summed E-state index contributed by atoms with van der Waals surface area (Å²) in [6, 6.07) is 7.08. The molecule has 1 aromatic rings. The van der Waals surface area contributed by atoms with E-state index in [1.54, 1.807) is 24.3 Å². The lowest BCUT2D eigenvalue weighted by atomic mass is 9.82. The minimum absolute atomic E-state index is 0.00801. The third-order valence-electron chi connectivity index (χ3n) is 3.06. The van der Waals surface area contributed by atoms with E-state index in [-0.39, 0.29) is 23.8 Å². The van der Waals surface area contributed by atoms with Crippen LogP contribution in [0.25, 0.3) is 0 Å². The molecule has 0 aromatic heterocycles. The molecule has 4 heteroatoms. The summed E-state index contributed by atoms with van der Waals surface area (Å²) in [6.07, 6.45) is 0. The minimum atomic E-state index is 0.00801. The zero-order chi connectivity index (χ0) is 13.8. The second-order valence-corrected chi connectivity index (χ2v) is 5.49. The monoisotopic (exact) mass is 250 g/mol. The van der Waals surface area contributed by atoms with Crippen molar-refractivity contribution < 1.29 is 9.84 Å². The summed E-state index contributed by atoms with van der Waals surface area (Å²) in [4.78, 5) is 0. The van der Waals surface area contributed by atoms with E-state index in [0.29, 0.717) is 12.2 Å². The van der Waals surface area contributed by atoms with Crippen molar-refractivity contribution in [3.05, 3.63) is 29.8 Å². The zero-order valence-corrected chi connectivity index (χ0v) is 11.2. The summed E-state index contributed by atoms with van der Waals surface area (Å²) in [7, 11) is 0. The Morgan fingerprint density at radius 3 is 2.28 bits per heavy atom. The molecule has 1 aromatic carbocycles. The molecule has 0 aliphatic carbocycles. The van der Waals surface area contributed by atoms with Gasteiger partial charge in [0.15, 0.2) is 0 Å². The molecular weight excluding hydrogens is 228 g/mol. The second-order valence-electron chi connectivity index (χ2n) is 5.49. The molecule has 0 bridgehead atoms. The quantitative estimate of drug-likeness (QED) is 0.552. The highest BCUT2D eigenvalue weighted by molar-refractivity contribution is 5.94. The topological polar surface area (TPSA) is 79.3 Å². The standard InChI is InChI=1S/C14H22N2O2/c1-14(2,3)11(8-17)9-18-12-6-4-10(5-7-12)13(15)16/h4-7,11,17H,8-9H2,1-3H3,(H3,15,16). The van der Waals surface area contributed by atoms with Gasteiger partial charge in [-0.15, -0.1) is 0 Å². The van der Waals surface area contributed by atoms with Crippen LogP contribution in [0.4, 0.5) is 0 Å². The van der Waals surface area contributed by atoms with Gasteiger partial charge in [-0.2, -0.15) is 0 Å². The number of aliphatic hydroxyl groups is 1. The number of ether oxygens (including phenoxy) is 1. The maximum atomic E-state index is 9.33. The van der Waals surface area contributed by atoms with Crippen LogP contribution in [0.1, 0.15) is 26.3 Å². The second kappa shape index (κ2) is 5.87. The van der Waals surface area contributed by atoms with Crippen molar-refractivity contribution in [1.82, 2.24) is 0 Å². The highest BCUT2D eigenvalue weighted by Crippen LogP contribution is 2.26. The zero-order valence-electron chi connectivity index (χ0n) is 11.2. The van der Waals surface area contributed by atoms with E-state index in [9.17, 15) is 5.11 Å². The van der Waals surface area contributed by atoms with E-state index in [0.717, 1.165) is 5.75 Å². The Labute approximate surface area is 108 Å². The van der Waals surface area contributed by atoms with Crippen LogP contribution in [-0.2, 0) is 0 Å². The lowest BCUT2D eigenvalue weighted by Crippen LogP contribution is -2.29. The first-order valence-corrected chi connectivity index (χ1v) is 6.02. The largest absolute Gasteiger partial charge is 0.493 e. The molecule has 18 heavy (non-hydrogen) atoms. The number of nitrogens with one attached hydrogen (secondary N) is 1. The summed E-state index contributed by atoms with van der Waals surface area (Å²) in [5.41, 5.74) is 6.06. The first kappa shape index (κ1) is 14.5. The van der Waals surface area contributed by atoms with Gasteiger partial charge >= 0.3 is 0 Å². The Morgan fingerprint density at radius 2 is 1.89 bits per heavy atom. The molecule has 1 rings (SSSR count). The van der Waals surface area contributed by atoms with Crippen LogP contribution in [0, 0.1) is 16.7 Å². The van der Waals surface area contributed by atoms with Gasteiger partial charge in [0, 0.05) is 18.1 Å². The lowest BCUT2D eigenvalue weighted by Gasteiger charge is -2.28. The van der Waals surface area contributed by atoms with Crippen LogP contribution in [0.5, 0.6) is 5.75 Å². The summed E-state index contributed by atoms with van der Waals surface area (Å²) in [6.45, 7) is 6.82. The molecule has 4 nitrogen and oxygen atoms in total. The Hall–Kier alpha value is -1.55. The molecule has 0 heterocycles. The van der Waals surface area contributed by atoms with Crippen molar-refractivity contribution in [3.8, 4) is 5.75 Å². The highest BCUT2D eigenvalue weighted by Gasteiger charge is 2.24. The molecule has 1 unspecified atom stereocenters. The molecule has 0 radical (unpaired) electrons. The van der Waals surface area contributed by atoms with Crippen molar-refractivity contribution in [2.45, 2.75) is 20.8 Å². The van der Waals surface area contributed by atoms with Crippen molar-refractivity contribution >= 4 is 5.84 Å². The van der Waals surface area contributed by atoms with Crippen molar-refractivity contribution in [3.63, 3.8) is 0 Å². The number of nitrogens with two attached hydrogens (primary N) is 1. The van der Waals surface area contributed by atoms with E-state index >= 15 is 0 Å². The fourth-order valence-electron chi connectivity index (χ4n) is 1.50. The van der Waals surface area contributed by atoms with Gasteiger partial charge in [0.25, 0.3) is 0 Å². The molecule has 1 atom stereocenters. The maximum absolute atomic E-state index is 9.33. The van der Waals surface area contributed by atoms with E-state index < -0.39 is 0 Å². The Bertz CT molecular complexity index is 393. The molecule has 100 valence electrons. The highest BCUT2D eigenvalue weighted by atomic mass is 16.5. The third kappa shape index (κ3) is 4.04. The molecule has 0 fully saturated rings. The minimum Gasteiger partial charge on any atom is -0.493 e. The van der Waals surface area contributed by atoms with Gasteiger partial charge in [-0.05, 0) is 29.7 Å². The lowest BCUT2D eigenvalue weighted by molar-refractivity contribution is 0.0818. The predicted octanol–water partition coefficient (Wildman–Crippen LogP) is 2.00. The van der Waals surface area contributed by atoms with Gasteiger partial charge in [0.05, 0.1) is 6.61 Å². The summed E-state index contributed by atoms with van der Waals surface area (Å²) < 4.78 is 5.65. The fourth-order valence-corrected chi connectivity index (χ4v) is 1.50. The average molecular weight is 250 g/mol. The van der Waals surface area contributed by atoms with Crippen molar-refractivity contribution in [1.29, 1.82) is 5.41 Å². The number of rotatable bonds is 5. The molecule has 4 N–H and O–H groups in total. The summed E-state index contributed by atoms with van der Waals surface area (Å²) in [5.74, 6) is 0.858. The van der Waals surface area contributed by atoms with Gasteiger partial charge in [0.1, 0.15) is 11.6 Å². The van der Waals surface area contributed by atoms with Gasteiger partial charge in [-0.1, -0.05) is 20.8 Å². The number of hydrogen-bond donors (Lipinski definition) is 3. The van der Waals surface area contributed by atoms with Crippen LogP contribution in [0.15, 0.2) is 24.3 Å². The average Bonchev–Trinajstić information content (AvgIpc) is 2.28. The maximum Gasteiger partial charge on any atom is 0.122 e. The Morgan fingerprint density at radius 1 is 1.33 bits per heavy atom. The van der Waals surface area contributed by atoms with Crippen LogP contribution in [-0.4, -0.2) is 24.2 Å². The Kier molecular flexibility index (Phi) is 4.73. The predicted molar refractivity (Wildman–Crippen MR) is 73.0 cm³/mol. The van der Waals surface area contributed by atoms with Crippen LogP contribution >= 0.6 is 0 Å². The Balaban J connectivity index is 2.60. The smallest absolute Gasteiger partial charge is 0.122 e. The number of aliphatic hydroxyl groups excluding tert-OH is 1. The summed E-state index contributed by atoms with van der Waals surface area (Å²) >= 11 is 0. The number of nitrogen functional groups attached to an aromatic ring is 1. The van der Waals surface area contributed by atoms with E-state index in [1.807, 2.05) is 0 Å². The molecule has 0 aliphatic rings. The molecular formula is C14H22N2O2. The normalized spacial score (nSPS) is 13.1. The SMILES string of the molecule is CC(C)(C)C(CO)COc1ccc(C(=N)N)cc1. The number of benzene rings is 1. The third-order valence-corrected chi connectivity index (χ3v) is 3.06. The van der Waals surface area contributed by atoms with E-state index in [4.69, 9.17) is 15.9 Å². The van der Waals surface area contributed by atoms with Gasteiger partial charge in [-0.3, -0.25) is 5.41 Å². The molecule has 0 amide bonds. The van der Waals surface area contributed by atoms with Crippen LogP contribution < -0.4 is 10.5 Å². The van der Waals surface area contributed by atoms with Gasteiger partial charge in [0.2, 0.25) is 0 Å². The first-order chi connectivity index (χ1) is 8.34. The van der Waals surface area contributed by atoms with E-state index in [2.05, 4.69) is 20.8 Å². The molecule has 0 saturated carbocycles. The van der Waals surface area contributed by atoms with Crippen molar-refractivity contribution in [2.24, 2.45) is 17.1 Å². The van der Waals surface area contributed by atoms with E-state index in [1.165, 1.54) is 0 Å². The molecule has 0 spiro atoms. The fraction of sp³-hybridized carbons (Fsp3) is 0.500. The molecule has 0 saturated heterocycles. The molecule has 0 aliphatic heterocycles. The first-order valence-electron chi connectivity index (χ1n) is 6.02. The van der Waals surface area contributed by atoms with Gasteiger partial charge < -0.3 is 15.6 Å². The van der Waals surface area contributed by atoms with Crippen LogP contribution in [0.3, 0.4) is 0 Å².